The van der Waals surface area contributed by atoms with Crippen molar-refractivity contribution >= 4 is 0 Å². The Morgan fingerprint density at radius 3 is 2.89 bits per heavy atom. The summed E-state index contributed by atoms with van der Waals surface area (Å²) >= 11 is 0. The molecule has 2 heteroatoms. The molecule has 0 radical (unpaired) electrons. The predicted molar refractivity (Wildman–Crippen MR) is 35.9 cm³/mol. The van der Waals surface area contributed by atoms with Crippen LogP contribution in [-0.2, 0) is 0 Å². The third-order valence-electron chi connectivity index (χ3n) is 1.09. The Morgan fingerprint density at radius 1 is 1.67 bits per heavy atom. The van der Waals surface area contributed by atoms with E-state index in [1.807, 2.05) is 13.8 Å². The van der Waals surface area contributed by atoms with Crippen LogP contribution in [0.5, 0.6) is 0 Å². The first-order chi connectivity index (χ1) is 4.34. The van der Waals surface area contributed by atoms with Gasteiger partial charge < -0.3 is 0 Å². The third-order valence-corrected chi connectivity index (χ3v) is 1.09. The SMILES string of the molecule is CC#Cc1cn[nH]c1C. The molecule has 1 heterocycles. The lowest BCUT2D eigenvalue weighted by molar-refractivity contribution is 1.05. The van der Waals surface area contributed by atoms with E-state index >= 15 is 0 Å². The van der Waals surface area contributed by atoms with Crippen LogP contribution in [0.25, 0.3) is 0 Å². The number of H-pyrrole nitrogens is 1. The number of aryl methyl sites for hydroxylation is 1. The lowest BCUT2D eigenvalue weighted by Crippen LogP contribution is -1.73. The second kappa shape index (κ2) is 2.36. The largest absolute Gasteiger partial charge is 0.282 e. The molecule has 0 bridgehead atoms. The minimum absolute atomic E-state index is 0.984. The van der Waals surface area contributed by atoms with Crippen molar-refractivity contribution in [3.63, 3.8) is 0 Å². The molecule has 1 N–H and O–H groups in total. The third kappa shape index (κ3) is 1.11. The van der Waals surface area contributed by atoms with Gasteiger partial charge in [-0.05, 0) is 13.8 Å². The molecule has 0 atom stereocenters. The highest BCUT2D eigenvalue weighted by atomic mass is 15.1. The summed E-state index contributed by atoms with van der Waals surface area (Å²) < 4.78 is 0. The number of hydrogen-bond acceptors (Lipinski definition) is 1. The first-order valence-electron chi connectivity index (χ1n) is 2.77. The number of nitrogens with zero attached hydrogens (tertiary/aromatic N) is 1. The molecule has 9 heavy (non-hydrogen) atoms. The molecular formula is C7H8N2. The lowest BCUT2D eigenvalue weighted by atomic mass is 10.3. The van der Waals surface area contributed by atoms with Crippen LogP contribution >= 0.6 is 0 Å². The fourth-order valence-corrected chi connectivity index (χ4v) is 0.611. The average Bonchev–Trinajstić information content (AvgIpc) is 2.18. The molecule has 0 aliphatic carbocycles. The van der Waals surface area contributed by atoms with Crippen molar-refractivity contribution in [2.24, 2.45) is 0 Å². The van der Waals surface area contributed by atoms with Crippen molar-refractivity contribution in [3.05, 3.63) is 17.5 Å². The van der Waals surface area contributed by atoms with Gasteiger partial charge in [-0.1, -0.05) is 5.92 Å². The molecule has 1 aromatic rings. The maximum Gasteiger partial charge on any atom is 0.0651 e. The summed E-state index contributed by atoms with van der Waals surface area (Å²) in [5, 5.41) is 6.61. The minimum Gasteiger partial charge on any atom is -0.282 e. The van der Waals surface area contributed by atoms with Crippen LogP contribution in [0.3, 0.4) is 0 Å². The summed E-state index contributed by atoms with van der Waals surface area (Å²) in [6, 6.07) is 0. The van der Waals surface area contributed by atoms with Crippen LogP contribution in [0.2, 0.25) is 0 Å². The van der Waals surface area contributed by atoms with E-state index in [-0.39, 0.29) is 0 Å². The van der Waals surface area contributed by atoms with Crippen molar-refractivity contribution in [3.8, 4) is 11.8 Å². The number of hydrogen-bond donors (Lipinski definition) is 1. The van der Waals surface area contributed by atoms with Crippen LogP contribution < -0.4 is 0 Å². The van der Waals surface area contributed by atoms with E-state index in [0.717, 1.165) is 11.3 Å². The highest BCUT2D eigenvalue weighted by molar-refractivity contribution is 5.34. The lowest BCUT2D eigenvalue weighted by Gasteiger charge is -1.79. The summed E-state index contributed by atoms with van der Waals surface area (Å²) in [6.45, 7) is 3.76. The maximum absolute atomic E-state index is 3.81. The number of nitrogens with one attached hydrogen (secondary N) is 1. The van der Waals surface area contributed by atoms with E-state index in [2.05, 4.69) is 22.0 Å². The van der Waals surface area contributed by atoms with E-state index in [0.29, 0.717) is 0 Å². The van der Waals surface area contributed by atoms with Gasteiger partial charge in [-0.2, -0.15) is 5.10 Å². The molecule has 0 unspecified atom stereocenters. The van der Waals surface area contributed by atoms with Crippen LogP contribution in [0, 0.1) is 18.8 Å². The molecule has 1 rings (SSSR count). The van der Waals surface area contributed by atoms with Gasteiger partial charge in [-0.15, -0.1) is 5.92 Å². The molecular weight excluding hydrogens is 112 g/mol. The Kier molecular flexibility index (Phi) is 1.55. The normalized spacial score (nSPS) is 8.22. The monoisotopic (exact) mass is 120 g/mol. The van der Waals surface area contributed by atoms with Crippen LogP contribution in [0.1, 0.15) is 18.2 Å². The van der Waals surface area contributed by atoms with E-state index < -0.39 is 0 Å². The van der Waals surface area contributed by atoms with Crippen LogP contribution in [-0.4, -0.2) is 10.2 Å². The molecule has 46 valence electrons. The average molecular weight is 120 g/mol. The maximum atomic E-state index is 3.81. The zero-order valence-electron chi connectivity index (χ0n) is 5.52. The van der Waals surface area contributed by atoms with Gasteiger partial charge in [0, 0.05) is 5.69 Å². The van der Waals surface area contributed by atoms with Crippen molar-refractivity contribution in [1.82, 2.24) is 10.2 Å². The van der Waals surface area contributed by atoms with Crippen molar-refractivity contribution < 1.29 is 0 Å². The van der Waals surface area contributed by atoms with Gasteiger partial charge in [-0.3, -0.25) is 5.10 Å². The summed E-state index contributed by atoms with van der Waals surface area (Å²) in [6.07, 6.45) is 1.73. The topological polar surface area (TPSA) is 28.7 Å². The van der Waals surface area contributed by atoms with Gasteiger partial charge in [0.1, 0.15) is 0 Å². The highest BCUT2D eigenvalue weighted by Crippen LogP contribution is 1.97. The molecule has 0 saturated heterocycles. The standard InChI is InChI=1S/C7H8N2/c1-3-4-7-5-8-9-6(7)2/h5H,1-2H3,(H,8,9). The van der Waals surface area contributed by atoms with Gasteiger partial charge in [0.25, 0.3) is 0 Å². The number of rotatable bonds is 0. The van der Waals surface area contributed by atoms with E-state index in [9.17, 15) is 0 Å². The summed E-state index contributed by atoms with van der Waals surface area (Å²) in [5.41, 5.74) is 2.02. The Labute approximate surface area is 54.3 Å². The van der Waals surface area contributed by atoms with Gasteiger partial charge in [0.15, 0.2) is 0 Å². The van der Waals surface area contributed by atoms with E-state index in [1.54, 1.807) is 6.20 Å². The van der Waals surface area contributed by atoms with Crippen molar-refractivity contribution in [2.45, 2.75) is 13.8 Å². The molecule has 0 spiro atoms. The van der Waals surface area contributed by atoms with Gasteiger partial charge in [0.05, 0.1) is 11.8 Å². The van der Waals surface area contributed by atoms with Gasteiger partial charge >= 0.3 is 0 Å². The number of aromatic nitrogens is 2. The molecule has 0 aliphatic heterocycles. The zero-order chi connectivity index (χ0) is 6.69. The van der Waals surface area contributed by atoms with E-state index in [4.69, 9.17) is 0 Å². The van der Waals surface area contributed by atoms with Crippen molar-refractivity contribution in [1.29, 1.82) is 0 Å². The van der Waals surface area contributed by atoms with Crippen LogP contribution in [0.15, 0.2) is 6.20 Å². The molecule has 0 aliphatic rings. The second-order valence-electron chi connectivity index (χ2n) is 1.78. The first kappa shape index (κ1) is 5.90. The minimum atomic E-state index is 0.984. The molecule has 2 nitrogen and oxygen atoms in total. The predicted octanol–water partition coefficient (Wildman–Crippen LogP) is 1.09. The molecule has 0 saturated carbocycles. The number of aromatic amines is 1. The first-order valence-corrected chi connectivity index (χ1v) is 2.77. The molecule has 1 aromatic heterocycles. The highest BCUT2D eigenvalue weighted by Gasteiger charge is 1.91. The summed E-state index contributed by atoms with van der Waals surface area (Å²) in [7, 11) is 0. The zero-order valence-corrected chi connectivity index (χ0v) is 5.52. The van der Waals surface area contributed by atoms with Crippen LogP contribution in [0.4, 0.5) is 0 Å². The smallest absolute Gasteiger partial charge is 0.0651 e. The Bertz CT molecular complexity index is 249. The Morgan fingerprint density at radius 2 is 2.44 bits per heavy atom. The Hall–Kier alpha value is -1.23. The van der Waals surface area contributed by atoms with Crippen molar-refractivity contribution in [2.75, 3.05) is 0 Å². The fourth-order valence-electron chi connectivity index (χ4n) is 0.611. The van der Waals surface area contributed by atoms with Gasteiger partial charge in [0.2, 0.25) is 0 Å². The second-order valence-corrected chi connectivity index (χ2v) is 1.78. The molecule has 0 fully saturated rings. The summed E-state index contributed by atoms with van der Waals surface area (Å²) in [5.74, 6) is 5.71. The van der Waals surface area contributed by atoms with Gasteiger partial charge in [-0.25, -0.2) is 0 Å². The van der Waals surface area contributed by atoms with E-state index in [1.165, 1.54) is 0 Å². The fraction of sp³-hybridized carbons (Fsp3) is 0.286. The Balaban J connectivity index is 3.03. The summed E-state index contributed by atoms with van der Waals surface area (Å²) in [4.78, 5) is 0. The molecule has 0 amide bonds. The molecule has 0 aromatic carbocycles. The quantitative estimate of drug-likeness (QED) is 0.510.